The number of carbonyl (C=O) groups is 2. The predicted octanol–water partition coefficient (Wildman–Crippen LogP) is 4.71. The lowest BCUT2D eigenvalue weighted by atomic mass is 10.1. The van der Waals surface area contributed by atoms with Crippen molar-refractivity contribution in [2.24, 2.45) is 0 Å². The number of halogens is 2. The van der Waals surface area contributed by atoms with Crippen molar-refractivity contribution in [2.75, 3.05) is 13.7 Å². The van der Waals surface area contributed by atoms with Gasteiger partial charge < -0.3 is 19.7 Å². The van der Waals surface area contributed by atoms with Crippen molar-refractivity contribution in [3.63, 3.8) is 0 Å². The molecule has 0 fully saturated rings. The van der Waals surface area contributed by atoms with Crippen LogP contribution in [0.5, 0.6) is 11.5 Å². The number of benzene rings is 2. The van der Waals surface area contributed by atoms with Gasteiger partial charge in [-0.15, -0.1) is 0 Å². The molecule has 6 nitrogen and oxygen atoms in total. The molecule has 8 heteroatoms. The summed E-state index contributed by atoms with van der Waals surface area (Å²) in [6.07, 6.45) is 0. The molecule has 0 aliphatic heterocycles. The summed E-state index contributed by atoms with van der Waals surface area (Å²) in [7, 11) is 1.59. The number of methoxy groups -OCH3 is 1. The van der Waals surface area contributed by atoms with Crippen LogP contribution in [-0.2, 0) is 16.1 Å². The second kappa shape index (κ2) is 10.7. The zero-order valence-corrected chi connectivity index (χ0v) is 19.9. The van der Waals surface area contributed by atoms with Crippen LogP contribution < -0.4 is 14.8 Å². The topological polar surface area (TPSA) is 67.9 Å². The maximum atomic E-state index is 13.1. The summed E-state index contributed by atoms with van der Waals surface area (Å²) in [5.41, 5.74) is 0.433. The number of rotatable bonds is 8. The summed E-state index contributed by atoms with van der Waals surface area (Å²) < 4.78 is 10.8. The third kappa shape index (κ3) is 7.64. The number of hydrogen-bond donors (Lipinski definition) is 1. The molecule has 0 radical (unpaired) electrons. The van der Waals surface area contributed by atoms with Crippen molar-refractivity contribution in [3.8, 4) is 11.5 Å². The lowest BCUT2D eigenvalue weighted by molar-refractivity contribution is -0.142. The van der Waals surface area contributed by atoms with Crippen LogP contribution in [0.2, 0.25) is 10.0 Å². The molecular formula is C23H28Cl2N2O4. The Morgan fingerprint density at radius 3 is 2.29 bits per heavy atom. The largest absolute Gasteiger partial charge is 0.497 e. The summed E-state index contributed by atoms with van der Waals surface area (Å²) in [5.74, 6) is 0.453. The number of nitrogens with one attached hydrogen (secondary N) is 1. The van der Waals surface area contributed by atoms with Gasteiger partial charge >= 0.3 is 0 Å². The van der Waals surface area contributed by atoms with Gasteiger partial charge in [-0.05, 0) is 63.6 Å². The Kier molecular flexibility index (Phi) is 8.60. The summed E-state index contributed by atoms with van der Waals surface area (Å²) >= 11 is 12.0. The van der Waals surface area contributed by atoms with E-state index in [9.17, 15) is 9.59 Å². The van der Waals surface area contributed by atoms with Crippen molar-refractivity contribution in [1.82, 2.24) is 10.2 Å². The molecule has 2 aromatic carbocycles. The molecule has 168 valence electrons. The van der Waals surface area contributed by atoms with Crippen molar-refractivity contribution in [3.05, 3.63) is 58.1 Å². The van der Waals surface area contributed by atoms with E-state index in [1.807, 2.05) is 45.0 Å². The normalized spacial score (nSPS) is 12.1. The molecule has 0 heterocycles. The fraction of sp³-hybridized carbons (Fsp3) is 0.391. The molecular weight excluding hydrogens is 439 g/mol. The average molecular weight is 467 g/mol. The van der Waals surface area contributed by atoms with Crippen molar-refractivity contribution in [2.45, 2.75) is 45.8 Å². The first-order valence-corrected chi connectivity index (χ1v) is 10.6. The maximum Gasteiger partial charge on any atom is 0.261 e. The fourth-order valence-electron chi connectivity index (χ4n) is 2.80. The van der Waals surface area contributed by atoms with Gasteiger partial charge in [0.25, 0.3) is 5.91 Å². The number of carbonyl (C=O) groups excluding carboxylic acids is 2. The molecule has 0 saturated heterocycles. The standard InChI is InChI=1S/C23H28Cl2N2O4/c1-15(22(29)26-23(2,3)4)27(13-16-6-9-18(30-5)10-7-16)21(28)14-31-20-11-8-17(24)12-19(20)25/h6-12,15H,13-14H2,1-5H3,(H,26,29)/t15-/m1/s1. The average Bonchev–Trinajstić information content (AvgIpc) is 2.69. The number of hydrogen-bond acceptors (Lipinski definition) is 4. The Morgan fingerprint density at radius 1 is 1.10 bits per heavy atom. The van der Waals surface area contributed by atoms with E-state index in [-0.39, 0.29) is 25.0 Å². The van der Waals surface area contributed by atoms with Gasteiger partial charge in [0, 0.05) is 17.1 Å². The first-order chi connectivity index (χ1) is 14.5. The summed E-state index contributed by atoms with van der Waals surface area (Å²) in [6.45, 7) is 7.32. The summed E-state index contributed by atoms with van der Waals surface area (Å²) in [4.78, 5) is 27.3. The van der Waals surface area contributed by atoms with E-state index in [1.54, 1.807) is 26.2 Å². The van der Waals surface area contributed by atoms with Gasteiger partial charge in [0.1, 0.15) is 17.5 Å². The molecule has 0 aromatic heterocycles. The molecule has 2 rings (SSSR count). The molecule has 0 saturated carbocycles. The molecule has 0 spiro atoms. The van der Waals surface area contributed by atoms with Gasteiger partial charge in [-0.2, -0.15) is 0 Å². The predicted molar refractivity (Wildman–Crippen MR) is 123 cm³/mol. The van der Waals surface area contributed by atoms with Gasteiger partial charge in [-0.25, -0.2) is 0 Å². The van der Waals surface area contributed by atoms with E-state index < -0.39 is 11.6 Å². The Balaban J connectivity index is 2.19. The molecule has 31 heavy (non-hydrogen) atoms. The van der Waals surface area contributed by atoms with Crippen LogP contribution in [0, 0.1) is 0 Å². The first-order valence-electron chi connectivity index (χ1n) is 9.82. The highest BCUT2D eigenvalue weighted by Gasteiger charge is 2.28. The zero-order valence-electron chi connectivity index (χ0n) is 18.4. The van der Waals surface area contributed by atoms with Crippen LogP contribution in [0.25, 0.3) is 0 Å². The molecule has 0 unspecified atom stereocenters. The van der Waals surface area contributed by atoms with E-state index >= 15 is 0 Å². The second-order valence-corrected chi connectivity index (χ2v) is 8.99. The van der Waals surface area contributed by atoms with Crippen LogP contribution in [0.15, 0.2) is 42.5 Å². The highest BCUT2D eigenvalue weighted by atomic mass is 35.5. The fourth-order valence-corrected chi connectivity index (χ4v) is 3.26. The van der Waals surface area contributed by atoms with Gasteiger partial charge in [0.2, 0.25) is 5.91 Å². The lowest BCUT2D eigenvalue weighted by Crippen LogP contribution is -2.53. The van der Waals surface area contributed by atoms with E-state index in [0.29, 0.717) is 21.5 Å². The highest BCUT2D eigenvalue weighted by Crippen LogP contribution is 2.27. The molecule has 1 atom stereocenters. The molecule has 1 N–H and O–H groups in total. The van der Waals surface area contributed by atoms with E-state index in [2.05, 4.69) is 5.32 Å². The molecule has 0 aliphatic rings. The first kappa shape index (κ1) is 24.8. The monoisotopic (exact) mass is 466 g/mol. The molecule has 0 aliphatic carbocycles. The Morgan fingerprint density at radius 2 is 1.74 bits per heavy atom. The minimum absolute atomic E-state index is 0.235. The maximum absolute atomic E-state index is 13.1. The third-order valence-electron chi connectivity index (χ3n) is 4.42. The van der Waals surface area contributed by atoms with Crippen LogP contribution in [0.3, 0.4) is 0 Å². The van der Waals surface area contributed by atoms with Crippen molar-refractivity contribution >= 4 is 35.0 Å². The third-order valence-corrected chi connectivity index (χ3v) is 4.95. The highest BCUT2D eigenvalue weighted by molar-refractivity contribution is 6.35. The van der Waals surface area contributed by atoms with Gasteiger partial charge in [-0.3, -0.25) is 9.59 Å². The molecule has 2 aromatic rings. The molecule has 2 amide bonds. The van der Waals surface area contributed by atoms with E-state index in [0.717, 1.165) is 5.56 Å². The van der Waals surface area contributed by atoms with Crippen molar-refractivity contribution < 1.29 is 19.1 Å². The van der Waals surface area contributed by atoms with Crippen LogP contribution in [-0.4, -0.2) is 42.0 Å². The van der Waals surface area contributed by atoms with Crippen LogP contribution in [0.4, 0.5) is 0 Å². The SMILES string of the molecule is COc1ccc(CN(C(=O)COc2ccc(Cl)cc2Cl)[C@H](C)C(=O)NC(C)(C)C)cc1. The Bertz CT molecular complexity index is 911. The lowest BCUT2D eigenvalue weighted by Gasteiger charge is -2.31. The Hall–Kier alpha value is -2.44. The van der Waals surface area contributed by atoms with E-state index in [1.165, 1.54) is 11.0 Å². The van der Waals surface area contributed by atoms with Crippen LogP contribution in [0.1, 0.15) is 33.3 Å². The van der Waals surface area contributed by atoms with Crippen LogP contribution >= 0.6 is 23.2 Å². The number of ether oxygens (including phenoxy) is 2. The summed E-state index contributed by atoms with van der Waals surface area (Å²) in [6, 6.07) is 11.4. The zero-order chi connectivity index (χ0) is 23.2. The van der Waals surface area contributed by atoms with Crippen molar-refractivity contribution in [1.29, 1.82) is 0 Å². The summed E-state index contributed by atoms with van der Waals surface area (Å²) in [5, 5.41) is 3.69. The Labute approximate surface area is 193 Å². The molecule has 0 bridgehead atoms. The second-order valence-electron chi connectivity index (χ2n) is 8.15. The minimum Gasteiger partial charge on any atom is -0.497 e. The van der Waals surface area contributed by atoms with Gasteiger partial charge in [0.15, 0.2) is 6.61 Å². The quantitative estimate of drug-likeness (QED) is 0.611. The van der Waals surface area contributed by atoms with E-state index in [4.69, 9.17) is 32.7 Å². The van der Waals surface area contributed by atoms with Gasteiger partial charge in [0.05, 0.1) is 12.1 Å². The minimum atomic E-state index is -0.710. The smallest absolute Gasteiger partial charge is 0.261 e. The number of nitrogens with zero attached hydrogens (tertiary/aromatic N) is 1. The van der Waals surface area contributed by atoms with Gasteiger partial charge in [-0.1, -0.05) is 35.3 Å². The number of amides is 2.